The molecule has 0 aliphatic carbocycles. The van der Waals surface area contributed by atoms with Gasteiger partial charge in [0, 0.05) is 44.3 Å². The maximum atomic E-state index is 6.04. The van der Waals surface area contributed by atoms with Crippen molar-refractivity contribution in [3.8, 4) is 5.75 Å². The molecule has 122 valence electrons. The number of benzene rings is 1. The van der Waals surface area contributed by atoms with Crippen LogP contribution < -0.4 is 10.5 Å². The van der Waals surface area contributed by atoms with E-state index < -0.39 is 0 Å². The molecule has 2 heterocycles. The molecule has 3 rings (SSSR count). The summed E-state index contributed by atoms with van der Waals surface area (Å²) >= 11 is 0. The second-order valence-electron chi connectivity index (χ2n) is 6.06. The molecular weight excluding hydrogens is 278 g/mol. The van der Waals surface area contributed by atoms with Crippen molar-refractivity contribution in [3.63, 3.8) is 0 Å². The fourth-order valence-corrected chi connectivity index (χ4v) is 3.60. The average Bonchev–Trinajstić information content (AvgIpc) is 2.93. The van der Waals surface area contributed by atoms with Crippen molar-refractivity contribution >= 4 is 0 Å². The molecule has 2 N–H and O–H groups in total. The van der Waals surface area contributed by atoms with Gasteiger partial charge in [-0.1, -0.05) is 12.1 Å². The quantitative estimate of drug-likeness (QED) is 0.857. The Bertz CT molecular complexity index is 489. The number of rotatable bonds is 6. The van der Waals surface area contributed by atoms with E-state index in [-0.39, 0.29) is 0 Å². The van der Waals surface area contributed by atoms with Crippen molar-refractivity contribution < 1.29 is 9.47 Å². The fraction of sp³-hybridized carbons (Fsp3) is 0.647. The van der Waals surface area contributed by atoms with Gasteiger partial charge in [-0.2, -0.15) is 0 Å². The van der Waals surface area contributed by atoms with Gasteiger partial charge < -0.3 is 15.2 Å². The number of hydrogen-bond acceptors (Lipinski definition) is 5. The third kappa shape index (κ3) is 3.27. The summed E-state index contributed by atoms with van der Waals surface area (Å²) in [6.07, 6.45) is 1.17. The minimum atomic E-state index is 0.329. The van der Waals surface area contributed by atoms with E-state index in [1.807, 2.05) is 6.07 Å². The lowest BCUT2D eigenvalue weighted by Crippen LogP contribution is -2.38. The van der Waals surface area contributed by atoms with E-state index in [9.17, 15) is 0 Å². The van der Waals surface area contributed by atoms with E-state index in [0.717, 1.165) is 51.7 Å². The Labute approximate surface area is 133 Å². The largest absolute Gasteiger partial charge is 0.496 e. The Morgan fingerprint density at radius 1 is 1.27 bits per heavy atom. The fourth-order valence-electron chi connectivity index (χ4n) is 3.60. The Balaban J connectivity index is 1.58. The molecule has 1 saturated heterocycles. The highest BCUT2D eigenvalue weighted by molar-refractivity contribution is 5.44. The zero-order valence-electron chi connectivity index (χ0n) is 13.5. The Morgan fingerprint density at radius 2 is 2.09 bits per heavy atom. The summed E-state index contributed by atoms with van der Waals surface area (Å²) < 4.78 is 10.9. The number of ether oxygens (including phenoxy) is 2. The first-order valence-electron chi connectivity index (χ1n) is 8.23. The Kier molecular flexibility index (Phi) is 5.31. The Hall–Kier alpha value is -1.14. The lowest BCUT2D eigenvalue weighted by Gasteiger charge is -2.28. The highest BCUT2D eigenvalue weighted by Gasteiger charge is 2.30. The van der Waals surface area contributed by atoms with Crippen molar-refractivity contribution in [2.75, 3.05) is 53.0 Å². The number of morpholine rings is 1. The second-order valence-corrected chi connectivity index (χ2v) is 6.06. The zero-order chi connectivity index (χ0) is 15.4. The molecule has 0 spiro atoms. The summed E-state index contributed by atoms with van der Waals surface area (Å²) in [4.78, 5) is 4.98. The molecule has 0 saturated carbocycles. The van der Waals surface area contributed by atoms with Crippen molar-refractivity contribution in [3.05, 3.63) is 29.3 Å². The van der Waals surface area contributed by atoms with Crippen LogP contribution in [0, 0.1) is 0 Å². The third-order valence-corrected chi connectivity index (χ3v) is 4.80. The smallest absolute Gasteiger partial charge is 0.123 e. The van der Waals surface area contributed by atoms with E-state index in [0.29, 0.717) is 12.6 Å². The monoisotopic (exact) mass is 305 g/mol. The van der Waals surface area contributed by atoms with Crippen LogP contribution in [0.5, 0.6) is 5.75 Å². The molecule has 5 nitrogen and oxygen atoms in total. The summed E-state index contributed by atoms with van der Waals surface area (Å²) in [5, 5.41) is 0. The van der Waals surface area contributed by atoms with E-state index >= 15 is 0 Å². The molecular formula is C17H27N3O2. The van der Waals surface area contributed by atoms with Gasteiger partial charge in [0.15, 0.2) is 0 Å². The molecule has 1 atom stereocenters. The number of hydrogen-bond donors (Lipinski definition) is 1. The van der Waals surface area contributed by atoms with Crippen molar-refractivity contribution in [1.29, 1.82) is 0 Å². The van der Waals surface area contributed by atoms with E-state index in [4.69, 9.17) is 15.2 Å². The lowest BCUT2D eigenvalue weighted by atomic mass is 10.0. The maximum Gasteiger partial charge on any atom is 0.123 e. The van der Waals surface area contributed by atoms with Crippen molar-refractivity contribution in [2.45, 2.75) is 19.0 Å². The molecule has 0 aromatic heterocycles. The first kappa shape index (κ1) is 15.7. The molecule has 1 aromatic carbocycles. The summed E-state index contributed by atoms with van der Waals surface area (Å²) in [6.45, 7) is 7.71. The lowest BCUT2D eigenvalue weighted by molar-refractivity contribution is 0.0355. The average molecular weight is 305 g/mol. The van der Waals surface area contributed by atoms with Crippen LogP contribution in [0.2, 0.25) is 0 Å². The second kappa shape index (κ2) is 7.42. The summed E-state index contributed by atoms with van der Waals surface area (Å²) in [6, 6.07) is 6.63. The number of nitrogens with two attached hydrogens (primary N) is 1. The van der Waals surface area contributed by atoms with Crippen molar-refractivity contribution in [1.82, 2.24) is 9.80 Å². The van der Waals surface area contributed by atoms with Crippen LogP contribution in [0.4, 0.5) is 0 Å². The van der Waals surface area contributed by atoms with Crippen LogP contribution in [0.3, 0.4) is 0 Å². The van der Waals surface area contributed by atoms with Gasteiger partial charge in [-0.15, -0.1) is 0 Å². The first-order valence-corrected chi connectivity index (χ1v) is 8.23. The molecule has 0 bridgehead atoms. The molecule has 1 fully saturated rings. The molecule has 5 heteroatoms. The number of methoxy groups -OCH3 is 1. The molecule has 0 radical (unpaired) electrons. The Morgan fingerprint density at radius 3 is 2.82 bits per heavy atom. The normalized spacial score (nSPS) is 22.7. The molecule has 22 heavy (non-hydrogen) atoms. The summed E-state index contributed by atoms with van der Waals surface area (Å²) in [5.41, 5.74) is 8.69. The minimum Gasteiger partial charge on any atom is -0.496 e. The van der Waals surface area contributed by atoms with Gasteiger partial charge in [-0.25, -0.2) is 0 Å². The molecule has 2 aliphatic rings. The van der Waals surface area contributed by atoms with Crippen molar-refractivity contribution in [2.24, 2.45) is 5.73 Å². The molecule has 1 unspecified atom stereocenters. The predicted molar refractivity (Wildman–Crippen MR) is 87.1 cm³/mol. The van der Waals surface area contributed by atoms with Crippen LogP contribution in [0.1, 0.15) is 23.6 Å². The van der Waals surface area contributed by atoms with Gasteiger partial charge in [0.1, 0.15) is 5.75 Å². The molecule has 1 aromatic rings. The molecule has 0 amide bonds. The van der Waals surface area contributed by atoms with Crippen LogP contribution in [-0.4, -0.2) is 62.8 Å². The predicted octanol–water partition coefficient (Wildman–Crippen LogP) is 1.23. The molecule has 2 aliphatic heterocycles. The van der Waals surface area contributed by atoms with Gasteiger partial charge in [0.2, 0.25) is 0 Å². The van der Waals surface area contributed by atoms with E-state index in [2.05, 4.69) is 21.9 Å². The summed E-state index contributed by atoms with van der Waals surface area (Å²) in [5.74, 6) is 0.992. The van der Waals surface area contributed by atoms with Crippen LogP contribution >= 0.6 is 0 Å². The van der Waals surface area contributed by atoms with Gasteiger partial charge in [0.25, 0.3) is 0 Å². The van der Waals surface area contributed by atoms with Gasteiger partial charge in [0.05, 0.1) is 20.3 Å². The van der Waals surface area contributed by atoms with Crippen LogP contribution in [0.25, 0.3) is 0 Å². The first-order chi connectivity index (χ1) is 10.8. The highest BCUT2D eigenvalue weighted by Crippen LogP contribution is 2.37. The van der Waals surface area contributed by atoms with E-state index in [1.54, 1.807) is 7.11 Å². The minimum absolute atomic E-state index is 0.329. The number of nitrogens with zero attached hydrogens (tertiary/aromatic N) is 2. The number of fused-ring (bicyclic) bond motifs is 1. The van der Waals surface area contributed by atoms with Crippen LogP contribution in [0.15, 0.2) is 18.2 Å². The zero-order valence-corrected chi connectivity index (χ0v) is 13.5. The van der Waals surface area contributed by atoms with Crippen LogP contribution in [-0.2, 0) is 11.3 Å². The SMILES string of the molecule is COc1cccc2c1CN(CCCN1CCOCC1)C2CN. The third-order valence-electron chi connectivity index (χ3n) is 4.80. The maximum absolute atomic E-state index is 6.04. The van der Waals surface area contributed by atoms with Gasteiger partial charge >= 0.3 is 0 Å². The standard InChI is InChI=1S/C17H27N3O2/c1-21-17-5-2-4-14-15(17)13-20(16(14)12-18)7-3-6-19-8-10-22-11-9-19/h2,4-5,16H,3,6-13,18H2,1H3. The van der Waals surface area contributed by atoms with Gasteiger partial charge in [-0.05, 0) is 24.6 Å². The van der Waals surface area contributed by atoms with E-state index in [1.165, 1.54) is 17.5 Å². The van der Waals surface area contributed by atoms with Gasteiger partial charge in [-0.3, -0.25) is 9.80 Å². The summed E-state index contributed by atoms with van der Waals surface area (Å²) in [7, 11) is 1.74. The highest BCUT2D eigenvalue weighted by atomic mass is 16.5. The topological polar surface area (TPSA) is 51.0 Å².